The Bertz CT molecular complexity index is 2230. The summed E-state index contributed by atoms with van der Waals surface area (Å²) in [7, 11) is 0. The van der Waals surface area contributed by atoms with Crippen LogP contribution < -0.4 is 4.74 Å². The van der Waals surface area contributed by atoms with Crippen molar-refractivity contribution in [1.82, 2.24) is 0 Å². The van der Waals surface area contributed by atoms with Crippen molar-refractivity contribution in [1.29, 1.82) is 0 Å². The minimum Gasteiger partial charge on any atom is -0.456 e. The Kier molecular flexibility index (Phi) is 3.97. The molecule has 8 rings (SSSR count). The van der Waals surface area contributed by atoms with Gasteiger partial charge in [-0.05, 0) is 74.6 Å². The van der Waals surface area contributed by atoms with E-state index in [9.17, 15) is 0 Å². The van der Waals surface area contributed by atoms with Gasteiger partial charge in [0.15, 0.2) is 0 Å². The lowest BCUT2D eigenvalue weighted by Gasteiger charge is -2.35. The van der Waals surface area contributed by atoms with E-state index in [1.54, 1.807) is 37.3 Å². The molecule has 0 bridgehead atoms. The Labute approximate surface area is 250 Å². The zero-order valence-corrected chi connectivity index (χ0v) is 22.5. The molecule has 1 unspecified atom stereocenters. The van der Waals surface area contributed by atoms with Gasteiger partial charge in [-0.15, -0.1) is 0 Å². The Hall–Kier alpha value is -4.88. The van der Waals surface area contributed by atoms with Gasteiger partial charge in [0, 0.05) is 30.3 Å². The number of hydrogen-bond acceptors (Lipinski definition) is 1. The van der Waals surface area contributed by atoms with E-state index in [4.69, 9.17) is 13.0 Å². The molecule has 1 nitrogen and oxygen atoms in total. The first kappa shape index (κ1) is 18.5. The Balaban J connectivity index is 1.48. The first-order valence-electron chi connectivity index (χ1n) is 16.9. The minimum atomic E-state index is -2.48. The lowest BCUT2D eigenvalue weighted by Crippen LogP contribution is -2.24. The lowest BCUT2D eigenvalue weighted by molar-refractivity contribution is 0.419. The molecule has 1 heterocycles. The summed E-state index contributed by atoms with van der Waals surface area (Å²) in [6.07, 6.45) is 0. The fraction of sp³-hybridized carbons (Fsp3) is 0.100. The van der Waals surface area contributed by atoms with Gasteiger partial charge in [-0.2, -0.15) is 0 Å². The molecular formula is C40H30O. The molecule has 1 heteroatoms. The second kappa shape index (κ2) is 8.81. The molecule has 0 fully saturated rings. The van der Waals surface area contributed by atoms with Crippen LogP contribution in [0.5, 0.6) is 11.5 Å². The monoisotopic (exact) mass is 532 g/mol. The van der Waals surface area contributed by atoms with E-state index < -0.39 is 19.1 Å². The van der Waals surface area contributed by atoms with Crippen molar-refractivity contribution in [2.75, 3.05) is 0 Å². The summed E-state index contributed by atoms with van der Waals surface area (Å²) < 4.78 is 58.8. The lowest BCUT2D eigenvalue weighted by atomic mass is 9.74. The molecule has 0 saturated heterocycles. The molecule has 41 heavy (non-hydrogen) atoms. The van der Waals surface area contributed by atoms with E-state index in [-0.39, 0.29) is 5.56 Å². The van der Waals surface area contributed by atoms with Gasteiger partial charge in [-0.25, -0.2) is 0 Å². The van der Waals surface area contributed by atoms with Crippen LogP contribution in [0.15, 0.2) is 127 Å². The minimum absolute atomic E-state index is 0.170. The highest BCUT2D eigenvalue weighted by Gasteiger charge is 2.35. The van der Waals surface area contributed by atoms with Gasteiger partial charge in [-0.1, -0.05) is 129 Å². The third-order valence-corrected chi connectivity index (χ3v) is 8.58. The van der Waals surface area contributed by atoms with Crippen LogP contribution in [0.4, 0.5) is 0 Å². The molecule has 2 aliphatic rings. The van der Waals surface area contributed by atoms with E-state index >= 15 is 0 Å². The fourth-order valence-corrected chi connectivity index (χ4v) is 6.60. The van der Waals surface area contributed by atoms with Gasteiger partial charge in [0.25, 0.3) is 0 Å². The second-order valence-corrected chi connectivity index (χ2v) is 11.0. The molecule has 0 aromatic heterocycles. The van der Waals surface area contributed by atoms with Crippen molar-refractivity contribution in [3.63, 3.8) is 0 Å². The Morgan fingerprint density at radius 3 is 1.56 bits per heavy atom. The maximum Gasteiger partial charge on any atom is 0.139 e. The first-order valence-corrected chi connectivity index (χ1v) is 13.9. The third kappa shape index (κ3) is 3.49. The Morgan fingerprint density at radius 1 is 0.488 bits per heavy atom. The summed E-state index contributed by atoms with van der Waals surface area (Å²) >= 11 is 0. The normalized spacial score (nSPS) is 18.8. The molecule has 1 atom stereocenters. The summed E-state index contributed by atoms with van der Waals surface area (Å²) in [5.41, 5.74) is 8.73. The van der Waals surface area contributed by atoms with Crippen LogP contribution in [0.25, 0.3) is 55.6 Å². The Morgan fingerprint density at radius 2 is 0.976 bits per heavy atom. The summed E-state index contributed by atoms with van der Waals surface area (Å²) in [6.45, 7) is -3.17. The van der Waals surface area contributed by atoms with Gasteiger partial charge in [0.1, 0.15) is 11.5 Å². The molecule has 0 spiro atoms. The third-order valence-electron chi connectivity index (χ3n) is 8.58. The zero-order chi connectivity index (χ0) is 32.7. The van der Waals surface area contributed by atoms with E-state index in [1.165, 1.54) is 0 Å². The fourth-order valence-electron chi connectivity index (χ4n) is 6.60. The van der Waals surface area contributed by atoms with Crippen molar-refractivity contribution < 1.29 is 13.0 Å². The number of benzene rings is 6. The van der Waals surface area contributed by atoms with Crippen LogP contribution in [-0.2, 0) is 5.41 Å². The van der Waals surface area contributed by atoms with Crippen LogP contribution in [-0.4, -0.2) is 0 Å². The SMILES string of the molecule is [2H]C([2H])([2H])c1cc2c(cc1-c1cccc3c1Oc1ccccc1C3(C)C([2H])([2H])[2H])-c1ccccc1-c1ccccc1-c1ccccc1-2. The van der Waals surface area contributed by atoms with E-state index in [0.717, 1.165) is 44.5 Å². The van der Waals surface area contributed by atoms with Gasteiger partial charge in [-0.3, -0.25) is 0 Å². The van der Waals surface area contributed by atoms with E-state index in [0.29, 0.717) is 33.8 Å². The number of rotatable bonds is 1. The maximum atomic E-state index is 8.76. The second-order valence-electron chi connectivity index (χ2n) is 11.0. The average molecular weight is 533 g/mol. The predicted octanol–water partition coefficient (Wildman–Crippen LogP) is 11.1. The maximum absolute atomic E-state index is 8.76. The highest BCUT2D eigenvalue weighted by molar-refractivity contribution is 6.04. The number of aryl methyl sites for hydroxylation is 1. The molecule has 1 aliphatic heterocycles. The van der Waals surface area contributed by atoms with Crippen molar-refractivity contribution in [3.05, 3.63) is 144 Å². The van der Waals surface area contributed by atoms with E-state index in [2.05, 4.69) is 30.3 Å². The molecule has 6 aromatic carbocycles. The highest BCUT2D eigenvalue weighted by atomic mass is 16.5. The quantitative estimate of drug-likeness (QED) is 0.204. The van der Waals surface area contributed by atoms with Crippen LogP contribution in [0.1, 0.15) is 38.7 Å². The molecule has 0 saturated carbocycles. The van der Waals surface area contributed by atoms with Crippen molar-refractivity contribution in [2.45, 2.75) is 26.0 Å². The molecular weight excluding hydrogens is 496 g/mol. The smallest absolute Gasteiger partial charge is 0.139 e. The van der Waals surface area contributed by atoms with Gasteiger partial charge in [0.05, 0.1) is 0 Å². The number of fused-ring (bicyclic) bond motifs is 10. The standard InChI is InChI=1S/C40H30O/c1-25-23-34-30-17-8-6-15-28(30)26-13-4-5-14-27(26)29-16-7-9-18-31(29)35(34)24-33(25)32-19-12-21-37-39(32)41-38-22-11-10-20-36(38)40(37,2)3/h4-24H,1-3H3/i1D3,2D3. The van der Waals surface area contributed by atoms with E-state index in [1.807, 2.05) is 66.7 Å². The average Bonchev–Trinajstić information content (AvgIpc) is 3.06. The molecule has 0 radical (unpaired) electrons. The number of hydrogen-bond donors (Lipinski definition) is 0. The summed E-state index contributed by atoms with van der Waals surface area (Å²) in [4.78, 5) is 0. The molecule has 196 valence electrons. The summed E-state index contributed by atoms with van der Waals surface area (Å²) in [5.74, 6) is 0.809. The zero-order valence-electron chi connectivity index (χ0n) is 28.5. The van der Waals surface area contributed by atoms with Crippen LogP contribution in [0.2, 0.25) is 0 Å². The molecule has 0 amide bonds. The number of para-hydroxylation sites is 2. The van der Waals surface area contributed by atoms with Crippen LogP contribution in [0.3, 0.4) is 0 Å². The number of ether oxygens (including phenoxy) is 1. The van der Waals surface area contributed by atoms with Crippen LogP contribution >= 0.6 is 0 Å². The summed E-state index contributed by atoms with van der Waals surface area (Å²) in [5, 5.41) is 0. The van der Waals surface area contributed by atoms with Crippen molar-refractivity contribution in [2.24, 2.45) is 0 Å². The topological polar surface area (TPSA) is 9.23 Å². The first-order chi connectivity index (χ1) is 22.5. The molecule has 1 aliphatic carbocycles. The predicted molar refractivity (Wildman–Crippen MR) is 171 cm³/mol. The van der Waals surface area contributed by atoms with Crippen molar-refractivity contribution >= 4 is 0 Å². The van der Waals surface area contributed by atoms with Gasteiger partial charge in [0.2, 0.25) is 0 Å². The summed E-state index contributed by atoms with van der Waals surface area (Å²) in [6, 6.07) is 41.0. The van der Waals surface area contributed by atoms with Crippen LogP contribution in [0, 0.1) is 6.85 Å². The highest BCUT2D eigenvalue weighted by Crippen LogP contribution is 2.53. The molecule has 0 N–H and O–H groups in total. The van der Waals surface area contributed by atoms with Gasteiger partial charge >= 0.3 is 0 Å². The van der Waals surface area contributed by atoms with Crippen molar-refractivity contribution in [3.8, 4) is 67.1 Å². The largest absolute Gasteiger partial charge is 0.456 e. The molecule has 6 aromatic rings. The van der Waals surface area contributed by atoms with Gasteiger partial charge < -0.3 is 4.74 Å².